The lowest BCUT2D eigenvalue weighted by atomic mass is 10.1. The van der Waals surface area contributed by atoms with Gasteiger partial charge >= 0.3 is 0 Å². The van der Waals surface area contributed by atoms with Gasteiger partial charge in [0, 0.05) is 16.8 Å². The third-order valence-electron chi connectivity index (χ3n) is 2.65. The SMILES string of the molecule is C#CC(C)(C)Nc1cc(C)nc2ccccc12. The number of para-hydroxylation sites is 1. The standard InChI is InChI=1S/C15H16N2/c1-5-15(3,4)17-14-10-11(2)16-13-9-7-6-8-12(13)14/h1,6-10H,2-4H3,(H,16,17). The molecule has 0 saturated heterocycles. The summed E-state index contributed by atoms with van der Waals surface area (Å²) in [6.07, 6.45) is 5.51. The van der Waals surface area contributed by atoms with Gasteiger partial charge in [0.15, 0.2) is 0 Å². The molecule has 0 spiro atoms. The summed E-state index contributed by atoms with van der Waals surface area (Å²) >= 11 is 0. The Bertz CT molecular complexity index is 591. The van der Waals surface area contributed by atoms with E-state index in [1.165, 1.54) is 0 Å². The molecule has 0 fully saturated rings. The molecule has 0 aliphatic heterocycles. The van der Waals surface area contributed by atoms with Crippen LogP contribution in [0, 0.1) is 19.3 Å². The van der Waals surface area contributed by atoms with Gasteiger partial charge in [-0.1, -0.05) is 24.1 Å². The van der Waals surface area contributed by atoms with E-state index in [2.05, 4.69) is 22.3 Å². The highest BCUT2D eigenvalue weighted by Gasteiger charge is 2.15. The monoisotopic (exact) mass is 224 g/mol. The number of fused-ring (bicyclic) bond motifs is 1. The van der Waals surface area contributed by atoms with Crippen molar-refractivity contribution < 1.29 is 0 Å². The van der Waals surface area contributed by atoms with E-state index < -0.39 is 0 Å². The zero-order valence-electron chi connectivity index (χ0n) is 10.4. The molecule has 0 saturated carbocycles. The molecule has 2 rings (SSSR count). The van der Waals surface area contributed by atoms with Crippen LogP contribution in [-0.2, 0) is 0 Å². The average molecular weight is 224 g/mol. The Balaban J connectivity index is 2.57. The fraction of sp³-hybridized carbons (Fsp3) is 0.267. The summed E-state index contributed by atoms with van der Waals surface area (Å²) in [6, 6.07) is 10.1. The number of nitrogens with zero attached hydrogens (tertiary/aromatic N) is 1. The van der Waals surface area contributed by atoms with Gasteiger partial charge < -0.3 is 5.32 Å². The van der Waals surface area contributed by atoms with E-state index in [4.69, 9.17) is 6.42 Å². The Labute approximate surface area is 102 Å². The van der Waals surface area contributed by atoms with E-state index in [0.29, 0.717) is 0 Å². The maximum atomic E-state index is 5.51. The first-order valence-electron chi connectivity index (χ1n) is 5.64. The molecule has 1 N–H and O–H groups in total. The number of benzene rings is 1. The lowest BCUT2D eigenvalue weighted by Gasteiger charge is -2.22. The fourth-order valence-electron chi connectivity index (χ4n) is 1.78. The molecule has 0 radical (unpaired) electrons. The van der Waals surface area contributed by atoms with Crippen molar-refractivity contribution in [2.24, 2.45) is 0 Å². The molecule has 86 valence electrons. The summed E-state index contributed by atoms with van der Waals surface area (Å²) < 4.78 is 0. The van der Waals surface area contributed by atoms with Crippen LogP contribution in [0.3, 0.4) is 0 Å². The maximum Gasteiger partial charge on any atom is 0.0927 e. The summed E-state index contributed by atoms with van der Waals surface area (Å²) in [5.41, 5.74) is 2.65. The smallest absolute Gasteiger partial charge is 0.0927 e. The van der Waals surface area contributed by atoms with Crippen molar-refractivity contribution in [2.45, 2.75) is 26.3 Å². The Hall–Kier alpha value is -2.01. The van der Waals surface area contributed by atoms with Crippen molar-refractivity contribution in [3.05, 3.63) is 36.0 Å². The molecule has 2 nitrogen and oxygen atoms in total. The van der Waals surface area contributed by atoms with Gasteiger partial charge in [-0.25, -0.2) is 0 Å². The Morgan fingerprint density at radius 1 is 1.29 bits per heavy atom. The fourth-order valence-corrected chi connectivity index (χ4v) is 1.78. The van der Waals surface area contributed by atoms with E-state index in [-0.39, 0.29) is 5.54 Å². The molecule has 0 amide bonds. The summed E-state index contributed by atoms with van der Waals surface area (Å²) in [5.74, 6) is 2.74. The van der Waals surface area contributed by atoms with Crippen LogP contribution >= 0.6 is 0 Å². The van der Waals surface area contributed by atoms with Crippen LogP contribution in [0.2, 0.25) is 0 Å². The largest absolute Gasteiger partial charge is 0.369 e. The van der Waals surface area contributed by atoms with Gasteiger partial charge in [0.2, 0.25) is 0 Å². The molecule has 1 aromatic carbocycles. The van der Waals surface area contributed by atoms with Crippen molar-refractivity contribution in [1.29, 1.82) is 0 Å². The van der Waals surface area contributed by atoms with Crippen molar-refractivity contribution >= 4 is 16.6 Å². The molecular formula is C15H16N2. The number of rotatable bonds is 2. The van der Waals surface area contributed by atoms with E-state index in [1.807, 2.05) is 45.0 Å². The molecule has 0 bridgehead atoms. The predicted molar refractivity (Wildman–Crippen MR) is 73.0 cm³/mol. The minimum atomic E-state index is -0.365. The molecule has 2 aromatic rings. The van der Waals surface area contributed by atoms with Gasteiger partial charge in [0.05, 0.1) is 11.1 Å². The van der Waals surface area contributed by atoms with Crippen LogP contribution in [0.5, 0.6) is 0 Å². The van der Waals surface area contributed by atoms with Crippen molar-refractivity contribution in [1.82, 2.24) is 4.98 Å². The van der Waals surface area contributed by atoms with Gasteiger partial charge in [0.1, 0.15) is 0 Å². The molecule has 0 atom stereocenters. The van der Waals surface area contributed by atoms with E-state index in [9.17, 15) is 0 Å². The minimum absolute atomic E-state index is 0.365. The highest BCUT2D eigenvalue weighted by Crippen LogP contribution is 2.25. The zero-order valence-corrected chi connectivity index (χ0v) is 10.4. The number of terminal acetylenes is 1. The van der Waals surface area contributed by atoms with Gasteiger partial charge in [-0.15, -0.1) is 6.42 Å². The first kappa shape index (κ1) is 11.5. The van der Waals surface area contributed by atoms with Gasteiger partial charge in [-0.2, -0.15) is 0 Å². The summed E-state index contributed by atoms with van der Waals surface area (Å²) in [6.45, 7) is 5.95. The van der Waals surface area contributed by atoms with Crippen LogP contribution in [0.1, 0.15) is 19.5 Å². The zero-order chi connectivity index (χ0) is 12.5. The molecule has 0 aliphatic rings. The number of anilines is 1. The second-order valence-electron chi connectivity index (χ2n) is 4.72. The molecule has 2 heteroatoms. The highest BCUT2D eigenvalue weighted by molar-refractivity contribution is 5.91. The normalized spacial score (nSPS) is 11.2. The molecule has 1 aromatic heterocycles. The van der Waals surface area contributed by atoms with Gasteiger partial charge in [-0.05, 0) is 32.9 Å². The number of hydrogen-bond donors (Lipinski definition) is 1. The Morgan fingerprint density at radius 3 is 2.71 bits per heavy atom. The lowest BCUT2D eigenvalue weighted by Crippen LogP contribution is -2.28. The van der Waals surface area contributed by atoms with Crippen LogP contribution in [-0.4, -0.2) is 10.5 Å². The van der Waals surface area contributed by atoms with Crippen LogP contribution in [0.4, 0.5) is 5.69 Å². The minimum Gasteiger partial charge on any atom is -0.369 e. The topological polar surface area (TPSA) is 24.9 Å². The highest BCUT2D eigenvalue weighted by atomic mass is 15.0. The summed E-state index contributed by atoms with van der Waals surface area (Å²) in [7, 11) is 0. The van der Waals surface area contributed by atoms with E-state index >= 15 is 0 Å². The van der Waals surface area contributed by atoms with Crippen LogP contribution < -0.4 is 5.32 Å². The molecule has 0 aliphatic carbocycles. The quantitative estimate of drug-likeness (QED) is 0.791. The number of pyridine rings is 1. The molecule has 0 unspecified atom stereocenters. The van der Waals surface area contributed by atoms with Gasteiger partial charge in [-0.3, -0.25) is 4.98 Å². The molecule has 1 heterocycles. The Kier molecular flexibility index (Phi) is 2.77. The maximum absolute atomic E-state index is 5.51. The third-order valence-corrected chi connectivity index (χ3v) is 2.65. The number of aryl methyl sites for hydroxylation is 1. The first-order valence-corrected chi connectivity index (χ1v) is 5.64. The average Bonchev–Trinajstić information content (AvgIpc) is 2.28. The van der Waals surface area contributed by atoms with E-state index in [0.717, 1.165) is 22.3 Å². The Morgan fingerprint density at radius 2 is 2.00 bits per heavy atom. The van der Waals surface area contributed by atoms with Crippen molar-refractivity contribution in [3.8, 4) is 12.3 Å². The third kappa shape index (κ3) is 2.39. The van der Waals surface area contributed by atoms with Gasteiger partial charge in [0.25, 0.3) is 0 Å². The summed E-state index contributed by atoms with van der Waals surface area (Å²) in [4.78, 5) is 4.50. The summed E-state index contributed by atoms with van der Waals surface area (Å²) in [5, 5.41) is 4.47. The van der Waals surface area contributed by atoms with Crippen LogP contribution in [0.25, 0.3) is 10.9 Å². The van der Waals surface area contributed by atoms with E-state index in [1.54, 1.807) is 0 Å². The lowest BCUT2D eigenvalue weighted by molar-refractivity contribution is 0.742. The van der Waals surface area contributed by atoms with Crippen molar-refractivity contribution in [2.75, 3.05) is 5.32 Å². The number of nitrogens with one attached hydrogen (secondary N) is 1. The number of hydrogen-bond acceptors (Lipinski definition) is 2. The van der Waals surface area contributed by atoms with Crippen molar-refractivity contribution in [3.63, 3.8) is 0 Å². The second-order valence-corrected chi connectivity index (χ2v) is 4.72. The van der Waals surface area contributed by atoms with Crippen LogP contribution in [0.15, 0.2) is 30.3 Å². The molecule has 17 heavy (non-hydrogen) atoms. The predicted octanol–water partition coefficient (Wildman–Crippen LogP) is 3.37. The second kappa shape index (κ2) is 4.10. The first-order chi connectivity index (χ1) is 8.02. The molecular weight excluding hydrogens is 208 g/mol. The number of aromatic nitrogens is 1.